The zero-order chi connectivity index (χ0) is 33.9. The van der Waals surface area contributed by atoms with Crippen molar-refractivity contribution in [3.8, 4) is 33.4 Å². The molecule has 240 valence electrons. The van der Waals surface area contributed by atoms with Gasteiger partial charge in [0.2, 0.25) is 0 Å². The first-order valence-corrected chi connectivity index (χ1v) is 17.4. The van der Waals surface area contributed by atoms with E-state index >= 15 is 0 Å². The Hall–Kier alpha value is -5.40. The van der Waals surface area contributed by atoms with Crippen LogP contribution in [0.2, 0.25) is 0 Å². The summed E-state index contributed by atoms with van der Waals surface area (Å²) in [7, 11) is 0. The molecule has 0 fully saturated rings. The van der Waals surface area contributed by atoms with Crippen molar-refractivity contribution in [2.24, 2.45) is 0 Å². The molecule has 0 bridgehead atoms. The number of rotatable bonds is 5. The second-order valence-electron chi connectivity index (χ2n) is 15.1. The van der Waals surface area contributed by atoms with E-state index in [0.29, 0.717) is 0 Å². The molecular weight excluding hydrogens is 591 g/mol. The molecule has 8 rings (SSSR count). The van der Waals surface area contributed by atoms with Crippen molar-refractivity contribution in [1.82, 2.24) is 0 Å². The first-order valence-electron chi connectivity index (χ1n) is 17.4. The lowest BCUT2D eigenvalue weighted by Crippen LogP contribution is -2.23. The van der Waals surface area contributed by atoms with E-state index in [2.05, 4.69) is 198 Å². The summed E-state index contributed by atoms with van der Waals surface area (Å²) >= 11 is 0. The largest absolute Gasteiger partial charge is 0.310 e. The normalized spacial score (nSPS) is 13.3. The van der Waals surface area contributed by atoms with Gasteiger partial charge in [-0.15, -0.1) is 0 Å². The molecule has 7 aromatic rings. The standard InChI is InChI=1S/C48H43N/c1-32-30-41-45-42(48(5,6)46(41)43(31-32)47(2,3)4)20-13-21-44(45)49(37-26-22-34(23-27-37)33-14-8-7-9-15-33)38-28-24-36(25-29-38)40-19-12-17-35-16-10-11-18-39(35)40/h7-31H,1-6H3. The molecule has 1 heteroatoms. The summed E-state index contributed by atoms with van der Waals surface area (Å²) < 4.78 is 0. The zero-order valence-corrected chi connectivity index (χ0v) is 29.4. The predicted molar refractivity (Wildman–Crippen MR) is 211 cm³/mol. The van der Waals surface area contributed by atoms with Crippen LogP contribution in [-0.4, -0.2) is 0 Å². The molecule has 0 atom stereocenters. The quantitative estimate of drug-likeness (QED) is 0.182. The van der Waals surface area contributed by atoms with E-state index < -0.39 is 0 Å². The first-order chi connectivity index (χ1) is 23.6. The van der Waals surface area contributed by atoms with Gasteiger partial charge in [-0.2, -0.15) is 0 Å². The Kier molecular flexibility index (Phi) is 7.34. The lowest BCUT2D eigenvalue weighted by Gasteiger charge is -2.31. The van der Waals surface area contributed by atoms with E-state index in [1.54, 1.807) is 0 Å². The summed E-state index contributed by atoms with van der Waals surface area (Å²) in [5.41, 5.74) is 16.6. The summed E-state index contributed by atoms with van der Waals surface area (Å²) in [5.74, 6) is 0. The molecule has 0 spiro atoms. The van der Waals surface area contributed by atoms with Gasteiger partial charge in [0.25, 0.3) is 0 Å². The van der Waals surface area contributed by atoms with Gasteiger partial charge >= 0.3 is 0 Å². The van der Waals surface area contributed by atoms with Gasteiger partial charge in [0.05, 0.1) is 5.69 Å². The van der Waals surface area contributed by atoms with E-state index in [9.17, 15) is 0 Å². The average molecular weight is 634 g/mol. The van der Waals surface area contributed by atoms with Crippen molar-refractivity contribution in [2.75, 3.05) is 4.90 Å². The van der Waals surface area contributed by atoms with Crippen LogP contribution in [0, 0.1) is 6.92 Å². The van der Waals surface area contributed by atoms with Crippen molar-refractivity contribution in [3.63, 3.8) is 0 Å². The fourth-order valence-corrected chi connectivity index (χ4v) is 8.04. The van der Waals surface area contributed by atoms with E-state index in [1.165, 1.54) is 72.1 Å². The highest BCUT2D eigenvalue weighted by molar-refractivity contribution is 5.98. The Bertz CT molecular complexity index is 2310. The van der Waals surface area contributed by atoms with Gasteiger partial charge in [-0.25, -0.2) is 0 Å². The van der Waals surface area contributed by atoms with E-state index in [-0.39, 0.29) is 10.8 Å². The minimum Gasteiger partial charge on any atom is -0.310 e. The van der Waals surface area contributed by atoms with Crippen LogP contribution in [0.5, 0.6) is 0 Å². The fourth-order valence-electron chi connectivity index (χ4n) is 8.04. The van der Waals surface area contributed by atoms with E-state index in [1.807, 2.05) is 0 Å². The number of nitrogens with zero attached hydrogens (tertiary/aromatic N) is 1. The predicted octanol–water partition coefficient (Wildman–Crippen LogP) is 13.6. The van der Waals surface area contributed by atoms with Crippen LogP contribution in [0.4, 0.5) is 17.1 Å². The van der Waals surface area contributed by atoms with Crippen LogP contribution in [0.1, 0.15) is 56.9 Å². The molecule has 49 heavy (non-hydrogen) atoms. The second kappa shape index (κ2) is 11.6. The number of anilines is 3. The van der Waals surface area contributed by atoms with Crippen molar-refractivity contribution < 1.29 is 0 Å². The Balaban J connectivity index is 1.33. The summed E-state index contributed by atoms with van der Waals surface area (Å²) in [6.07, 6.45) is 0. The number of hydrogen-bond donors (Lipinski definition) is 0. The summed E-state index contributed by atoms with van der Waals surface area (Å²) in [6, 6.07) is 55.8. The van der Waals surface area contributed by atoms with Gasteiger partial charge in [0, 0.05) is 22.4 Å². The number of fused-ring (bicyclic) bond motifs is 4. The minimum absolute atomic E-state index is 0.0278. The van der Waals surface area contributed by atoms with Gasteiger partial charge in [0.15, 0.2) is 0 Å². The van der Waals surface area contributed by atoms with Crippen molar-refractivity contribution in [1.29, 1.82) is 0 Å². The van der Waals surface area contributed by atoms with Crippen molar-refractivity contribution >= 4 is 27.8 Å². The van der Waals surface area contributed by atoms with E-state index in [0.717, 1.165) is 11.4 Å². The third kappa shape index (κ3) is 5.25. The SMILES string of the molecule is Cc1cc2c(c(C(C)(C)C)c1)C(C)(C)c1cccc(N(c3ccc(-c4ccccc4)cc3)c3ccc(-c4cccc5ccccc45)cc3)c1-2. The Morgan fingerprint density at radius 1 is 0.531 bits per heavy atom. The highest BCUT2D eigenvalue weighted by Crippen LogP contribution is 2.56. The molecule has 7 aromatic carbocycles. The molecule has 1 aliphatic carbocycles. The smallest absolute Gasteiger partial charge is 0.0543 e. The van der Waals surface area contributed by atoms with Gasteiger partial charge in [-0.1, -0.05) is 162 Å². The number of aryl methyl sites for hydroxylation is 1. The molecular formula is C48H43N. The summed E-state index contributed by atoms with van der Waals surface area (Å²) in [4.78, 5) is 2.46. The zero-order valence-electron chi connectivity index (χ0n) is 29.4. The molecule has 0 aliphatic heterocycles. The van der Waals surface area contributed by atoms with Crippen LogP contribution in [0.3, 0.4) is 0 Å². The molecule has 0 heterocycles. The maximum Gasteiger partial charge on any atom is 0.0543 e. The maximum absolute atomic E-state index is 2.46. The fraction of sp³-hybridized carbons (Fsp3) is 0.167. The molecule has 1 nitrogen and oxygen atoms in total. The number of benzene rings is 7. The summed E-state index contributed by atoms with van der Waals surface area (Å²) in [5, 5.41) is 2.53. The Morgan fingerprint density at radius 3 is 1.82 bits per heavy atom. The van der Waals surface area contributed by atoms with Crippen molar-refractivity contribution in [3.05, 3.63) is 174 Å². The van der Waals surface area contributed by atoms with Crippen LogP contribution in [-0.2, 0) is 10.8 Å². The van der Waals surface area contributed by atoms with Crippen LogP contribution in [0.15, 0.2) is 152 Å². The highest BCUT2D eigenvalue weighted by atomic mass is 15.1. The summed E-state index contributed by atoms with van der Waals surface area (Å²) in [6.45, 7) is 14.1. The molecule has 0 aromatic heterocycles. The Labute approximate surface area is 291 Å². The lowest BCUT2D eigenvalue weighted by molar-refractivity contribution is 0.556. The van der Waals surface area contributed by atoms with Crippen LogP contribution in [0.25, 0.3) is 44.2 Å². The van der Waals surface area contributed by atoms with Gasteiger partial charge in [-0.3, -0.25) is 0 Å². The highest BCUT2D eigenvalue weighted by Gasteiger charge is 2.41. The van der Waals surface area contributed by atoms with Crippen molar-refractivity contribution in [2.45, 2.75) is 52.4 Å². The van der Waals surface area contributed by atoms with Gasteiger partial charge in [0.1, 0.15) is 0 Å². The maximum atomic E-state index is 2.46. The van der Waals surface area contributed by atoms with Crippen LogP contribution < -0.4 is 4.90 Å². The molecule has 1 aliphatic rings. The topological polar surface area (TPSA) is 3.24 Å². The molecule has 0 amide bonds. The van der Waals surface area contributed by atoms with Gasteiger partial charge < -0.3 is 4.90 Å². The Morgan fingerprint density at radius 2 is 1.12 bits per heavy atom. The van der Waals surface area contributed by atoms with E-state index in [4.69, 9.17) is 0 Å². The van der Waals surface area contributed by atoms with Crippen LogP contribution >= 0.6 is 0 Å². The minimum atomic E-state index is -0.127. The molecule has 0 saturated carbocycles. The molecule has 0 radical (unpaired) electrons. The molecule has 0 unspecified atom stereocenters. The monoisotopic (exact) mass is 633 g/mol. The van der Waals surface area contributed by atoms with Gasteiger partial charge in [-0.05, 0) is 98.0 Å². The second-order valence-corrected chi connectivity index (χ2v) is 15.1. The third-order valence-corrected chi connectivity index (χ3v) is 10.4. The third-order valence-electron chi connectivity index (χ3n) is 10.4. The first kappa shape index (κ1) is 30.9. The lowest BCUT2D eigenvalue weighted by atomic mass is 9.73. The number of hydrogen-bond acceptors (Lipinski definition) is 1. The molecule has 0 saturated heterocycles. The average Bonchev–Trinajstić information content (AvgIpc) is 3.34. The molecule has 0 N–H and O–H groups in total.